The number of rotatable bonds is 0. The first-order chi connectivity index (χ1) is 5.82. The summed E-state index contributed by atoms with van der Waals surface area (Å²) in [6, 6.07) is 1.59. The molecule has 0 aliphatic carbocycles. The van der Waals surface area contributed by atoms with E-state index in [1.54, 1.807) is 13.0 Å². The van der Waals surface area contributed by atoms with E-state index in [2.05, 4.69) is 0 Å². The van der Waals surface area contributed by atoms with Crippen molar-refractivity contribution in [1.82, 2.24) is 0 Å². The Kier molecular flexibility index (Phi) is 2.33. The standard InChI is InChI=1S/C11H16O2/c1-7-8(2)13-10(6-9(7)12)11(3,4)5/h6H,1-5H3. The third-order valence-corrected chi connectivity index (χ3v) is 2.16. The van der Waals surface area contributed by atoms with E-state index in [9.17, 15) is 4.79 Å². The molecule has 2 heteroatoms. The maximum Gasteiger partial charge on any atom is 0.188 e. The lowest BCUT2D eigenvalue weighted by molar-refractivity contribution is 0.378. The Morgan fingerprint density at radius 2 is 1.77 bits per heavy atom. The van der Waals surface area contributed by atoms with E-state index in [0.29, 0.717) is 5.56 Å². The molecule has 0 aliphatic heterocycles. The van der Waals surface area contributed by atoms with Crippen LogP contribution in [-0.4, -0.2) is 0 Å². The second-order valence-corrected chi connectivity index (χ2v) is 4.41. The van der Waals surface area contributed by atoms with E-state index in [-0.39, 0.29) is 10.8 Å². The van der Waals surface area contributed by atoms with Crippen molar-refractivity contribution in [2.24, 2.45) is 0 Å². The van der Waals surface area contributed by atoms with Gasteiger partial charge in [0.15, 0.2) is 5.43 Å². The number of hydrogen-bond donors (Lipinski definition) is 0. The van der Waals surface area contributed by atoms with Crippen LogP contribution >= 0.6 is 0 Å². The minimum absolute atomic E-state index is 0.0636. The summed E-state index contributed by atoms with van der Waals surface area (Å²) in [6.07, 6.45) is 0. The molecule has 0 fully saturated rings. The highest BCUT2D eigenvalue weighted by Gasteiger charge is 2.18. The van der Waals surface area contributed by atoms with Crippen LogP contribution in [0.5, 0.6) is 0 Å². The Bertz CT molecular complexity index is 367. The Balaban J connectivity index is 3.38. The van der Waals surface area contributed by atoms with Gasteiger partial charge in [0.25, 0.3) is 0 Å². The number of hydrogen-bond acceptors (Lipinski definition) is 2. The highest BCUT2D eigenvalue weighted by Crippen LogP contribution is 2.21. The van der Waals surface area contributed by atoms with Crippen molar-refractivity contribution in [3.05, 3.63) is 33.4 Å². The van der Waals surface area contributed by atoms with Gasteiger partial charge in [-0.3, -0.25) is 4.79 Å². The monoisotopic (exact) mass is 180 g/mol. The van der Waals surface area contributed by atoms with E-state index in [0.717, 1.165) is 11.5 Å². The summed E-state index contributed by atoms with van der Waals surface area (Å²) in [4.78, 5) is 11.4. The highest BCUT2D eigenvalue weighted by molar-refractivity contribution is 5.20. The van der Waals surface area contributed by atoms with E-state index in [4.69, 9.17) is 4.42 Å². The summed E-state index contributed by atoms with van der Waals surface area (Å²) in [5, 5.41) is 0. The zero-order chi connectivity index (χ0) is 10.2. The molecule has 72 valence electrons. The van der Waals surface area contributed by atoms with Crippen molar-refractivity contribution in [3.63, 3.8) is 0 Å². The molecular weight excluding hydrogens is 164 g/mol. The Morgan fingerprint density at radius 1 is 1.23 bits per heavy atom. The first-order valence-corrected chi connectivity index (χ1v) is 4.44. The molecule has 0 aliphatic rings. The molecule has 1 heterocycles. The maximum atomic E-state index is 11.4. The van der Waals surface area contributed by atoms with Crippen LogP contribution in [0, 0.1) is 13.8 Å². The van der Waals surface area contributed by atoms with Gasteiger partial charge in [0.05, 0.1) is 0 Å². The molecule has 0 amide bonds. The van der Waals surface area contributed by atoms with Crippen LogP contribution in [0.4, 0.5) is 0 Å². The molecule has 1 aromatic rings. The number of aryl methyl sites for hydroxylation is 1. The minimum atomic E-state index is -0.0996. The van der Waals surface area contributed by atoms with Crippen LogP contribution in [0.1, 0.15) is 37.9 Å². The normalized spacial score (nSPS) is 11.8. The van der Waals surface area contributed by atoms with Gasteiger partial charge in [-0.15, -0.1) is 0 Å². The van der Waals surface area contributed by atoms with Crippen LogP contribution in [0.25, 0.3) is 0 Å². The van der Waals surface area contributed by atoms with Crippen molar-refractivity contribution >= 4 is 0 Å². The highest BCUT2D eigenvalue weighted by atomic mass is 16.3. The second-order valence-electron chi connectivity index (χ2n) is 4.41. The van der Waals surface area contributed by atoms with Gasteiger partial charge in [-0.25, -0.2) is 0 Å². The molecule has 1 rings (SSSR count). The third-order valence-electron chi connectivity index (χ3n) is 2.16. The summed E-state index contributed by atoms with van der Waals surface area (Å²) < 4.78 is 5.55. The van der Waals surface area contributed by atoms with E-state index < -0.39 is 0 Å². The Hall–Kier alpha value is -1.05. The van der Waals surface area contributed by atoms with Gasteiger partial charge in [0.1, 0.15) is 11.5 Å². The molecule has 0 N–H and O–H groups in total. The molecule has 0 saturated carbocycles. The zero-order valence-corrected chi connectivity index (χ0v) is 8.89. The fourth-order valence-electron chi connectivity index (χ4n) is 1.04. The lowest BCUT2D eigenvalue weighted by atomic mass is 9.92. The Labute approximate surface area is 78.6 Å². The van der Waals surface area contributed by atoms with Crippen LogP contribution in [0.2, 0.25) is 0 Å². The first-order valence-electron chi connectivity index (χ1n) is 4.44. The molecule has 13 heavy (non-hydrogen) atoms. The summed E-state index contributed by atoms with van der Waals surface area (Å²) >= 11 is 0. The van der Waals surface area contributed by atoms with Gasteiger partial charge < -0.3 is 4.42 Å². The molecule has 1 aromatic heterocycles. The fourth-order valence-corrected chi connectivity index (χ4v) is 1.04. The van der Waals surface area contributed by atoms with Gasteiger partial charge in [-0.2, -0.15) is 0 Å². The summed E-state index contributed by atoms with van der Waals surface area (Å²) in [5.74, 6) is 1.47. The van der Waals surface area contributed by atoms with Crippen LogP contribution in [-0.2, 0) is 5.41 Å². The van der Waals surface area contributed by atoms with E-state index in [1.807, 2.05) is 27.7 Å². The summed E-state index contributed by atoms with van der Waals surface area (Å²) in [7, 11) is 0. The molecule has 0 aromatic carbocycles. The van der Waals surface area contributed by atoms with E-state index >= 15 is 0 Å². The Morgan fingerprint density at radius 3 is 2.15 bits per heavy atom. The fraction of sp³-hybridized carbons (Fsp3) is 0.545. The van der Waals surface area contributed by atoms with E-state index in [1.165, 1.54) is 0 Å². The van der Waals surface area contributed by atoms with Crippen molar-refractivity contribution in [3.8, 4) is 0 Å². The van der Waals surface area contributed by atoms with Crippen LogP contribution < -0.4 is 5.43 Å². The van der Waals surface area contributed by atoms with Crippen LogP contribution in [0.3, 0.4) is 0 Å². The lowest BCUT2D eigenvalue weighted by Crippen LogP contribution is -2.16. The SMILES string of the molecule is Cc1oc(C(C)(C)C)cc(=O)c1C. The molecule has 0 atom stereocenters. The summed E-state index contributed by atoms with van der Waals surface area (Å²) in [6.45, 7) is 9.69. The average molecular weight is 180 g/mol. The third kappa shape index (κ3) is 2.00. The second kappa shape index (κ2) is 3.02. The molecule has 0 spiro atoms. The maximum absolute atomic E-state index is 11.4. The molecule has 0 unspecified atom stereocenters. The summed E-state index contributed by atoms with van der Waals surface area (Å²) in [5.41, 5.74) is 0.666. The minimum Gasteiger partial charge on any atom is -0.465 e. The molecule has 2 nitrogen and oxygen atoms in total. The lowest BCUT2D eigenvalue weighted by Gasteiger charge is -2.17. The van der Waals surface area contributed by atoms with Gasteiger partial charge in [-0.05, 0) is 13.8 Å². The largest absolute Gasteiger partial charge is 0.465 e. The smallest absolute Gasteiger partial charge is 0.188 e. The van der Waals surface area contributed by atoms with Crippen molar-refractivity contribution < 1.29 is 4.42 Å². The quantitative estimate of drug-likeness (QED) is 0.614. The molecular formula is C11H16O2. The van der Waals surface area contributed by atoms with Crippen molar-refractivity contribution in [2.45, 2.75) is 40.0 Å². The van der Waals surface area contributed by atoms with Gasteiger partial charge in [0, 0.05) is 17.0 Å². The van der Waals surface area contributed by atoms with Crippen LogP contribution in [0.15, 0.2) is 15.3 Å². The average Bonchev–Trinajstić information content (AvgIpc) is 1.97. The van der Waals surface area contributed by atoms with Crippen molar-refractivity contribution in [1.29, 1.82) is 0 Å². The zero-order valence-electron chi connectivity index (χ0n) is 8.89. The first kappa shape index (κ1) is 10.0. The predicted molar refractivity (Wildman–Crippen MR) is 53.2 cm³/mol. The predicted octanol–water partition coefficient (Wildman–Crippen LogP) is 2.55. The van der Waals surface area contributed by atoms with Crippen molar-refractivity contribution in [2.75, 3.05) is 0 Å². The van der Waals surface area contributed by atoms with Gasteiger partial charge >= 0.3 is 0 Å². The molecule has 0 saturated heterocycles. The topological polar surface area (TPSA) is 30.2 Å². The molecule has 0 radical (unpaired) electrons. The van der Waals surface area contributed by atoms with Gasteiger partial charge in [0.2, 0.25) is 0 Å². The molecule has 0 bridgehead atoms. The van der Waals surface area contributed by atoms with Gasteiger partial charge in [-0.1, -0.05) is 20.8 Å².